The summed E-state index contributed by atoms with van der Waals surface area (Å²) in [6.07, 6.45) is 1.26. The van der Waals surface area contributed by atoms with Crippen molar-refractivity contribution in [3.63, 3.8) is 0 Å². The maximum atomic E-state index is 13.0. The zero-order chi connectivity index (χ0) is 11.7. The number of likely N-dealkylation sites (tertiary alicyclic amines) is 1. The molecule has 0 amide bonds. The van der Waals surface area contributed by atoms with Crippen molar-refractivity contribution in [2.24, 2.45) is 5.92 Å². The lowest BCUT2D eigenvalue weighted by atomic mass is 10.1. The van der Waals surface area contributed by atoms with E-state index in [1.54, 1.807) is 6.07 Å². The zero-order valence-corrected chi connectivity index (χ0v) is 11.3. The Hall–Kier alpha value is -0.410. The van der Waals surface area contributed by atoms with Crippen molar-refractivity contribution in [2.45, 2.75) is 32.9 Å². The second-order valence-electron chi connectivity index (χ2n) is 4.86. The van der Waals surface area contributed by atoms with Crippen LogP contribution in [-0.2, 0) is 6.54 Å². The quantitative estimate of drug-likeness (QED) is 0.799. The molecule has 1 aliphatic heterocycles. The molecule has 1 nitrogen and oxygen atoms in total. The summed E-state index contributed by atoms with van der Waals surface area (Å²) in [4.78, 5) is 2.46. The van der Waals surface area contributed by atoms with Gasteiger partial charge in [0.15, 0.2) is 0 Å². The molecule has 0 radical (unpaired) electrons. The molecule has 2 unspecified atom stereocenters. The summed E-state index contributed by atoms with van der Waals surface area (Å²) >= 11 is 3.42. The van der Waals surface area contributed by atoms with Gasteiger partial charge in [0.25, 0.3) is 0 Å². The summed E-state index contributed by atoms with van der Waals surface area (Å²) < 4.78 is 13.8. The summed E-state index contributed by atoms with van der Waals surface area (Å²) in [6, 6.07) is 5.57. The van der Waals surface area contributed by atoms with Crippen LogP contribution >= 0.6 is 15.9 Å². The highest BCUT2D eigenvalue weighted by Gasteiger charge is 2.26. The van der Waals surface area contributed by atoms with E-state index in [-0.39, 0.29) is 5.82 Å². The molecule has 0 aromatic heterocycles. The van der Waals surface area contributed by atoms with Crippen LogP contribution in [0.2, 0.25) is 0 Å². The fraction of sp³-hybridized carbons (Fsp3) is 0.538. The molecule has 0 aliphatic carbocycles. The molecule has 0 saturated carbocycles. The normalized spacial score (nSPS) is 26.2. The monoisotopic (exact) mass is 285 g/mol. The molecule has 2 rings (SSSR count). The Morgan fingerprint density at radius 2 is 2.19 bits per heavy atom. The number of halogens is 2. The van der Waals surface area contributed by atoms with E-state index >= 15 is 0 Å². The Kier molecular flexibility index (Phi) is 3.65. The minimum absolute atomic E-state index is 0.182. The van der Waals surface area contributed by atoms with Gasteiger partial charge in [0, 0.05) is 23.6 Å². The molecule has 0 bridgehead atoms. The van der Waals surface area contributed by atoms with Gasteiger partial charge in [0.2, 0.25) is 0 Å². The van der Waals surface area contributed by atoms with Crippen LogP contribution in [0.4, 0.5) is 4.39 Å². The summed E-state index contributed by atoms with van der Waals surface area (Å²) in [7, 11) is 0. The highest BCUT2D eigenvalue weighted by atomic mass is 79.9. The van der Waals surface area contributed by atoms with Crippen LogP contribution < -0.4 is 0 Å². The van der Waals surface area contributed by atoms with E-state index in [9.17, 15) is 4.39 Å². The number of rotatable bonds is 2. The van der Waals surface area contributed by atoms with Gasteiger partial charge in [-0.15, -0.1) is 0 Å². The maximum Gasteiger partial charge on any atom is 0.124 e. The maximum absolute atomic E-state index is 13.0. The van der Waals surface area contributed by atoms with E-state index in [4.69, 9.17) is 0 Å². The number of hydrogen-bond donors (Lipinski definition) is 0. The smallest absolute Gasteiger partial charge is 0.124 e. The lowest BCUT2D eigenvalue weighted by molar-refractivity contribution is 0.256. The second kappa shape index (κ2) is 4.84. The van der Waals surface area contributed by atoms with Crippen molar-refractivity contribution in [3.8, 4) is 0 Å². The lowest BCUT2D eigenvalue weighted by Crippen LogP contribution is -2.26. The van der Waals surface area contributed by atoms with E-state index in [0.29, 0.717) is 6.04 Å². The standard InChI is InChI=1S/C13H17BrFN/c1-9-5-10(2)16(7-9)8-11-3-4-12(15)6-13(11)14/h3-4,6,9-10H,5,7-8H2,1-2H3. The van der Waals surface area contributed by atoms with Gasteiger partial charge in [-0.2, -0.15) is 0 Å². The minimum Gasteiger partial charge on any atom is -0.296 e. The molecule has 0 spiro atoms. The van der Waals surface area contributed by atoms with Gasteiger partial charge in [-0.25, -0.2) is 4.39 Å². The Balaban J connectivity index is 2.09. The molecule has 1 aromatic carbocycles. The lowest BCUT2D eigenvalue weighted by Gasteiger charge is -2.21. The second-order valence-corrected chi connectivity index (χ2v) is 5.71. The highest BCUT2D eigenvalue weighted by molar-refractivity contribution is 9.10. The van der Waals surface area contributed by atoms with E-state index < -0.39 is 0 Å². The molecule has 0 N–H and O–H groups in total. The first kappa shape index (κ1) is 12.1. The van der Waals surface area contributed by atoms with Gasteiger partial charge < -0.3 is 0 Å². The van der Waals surface area contributed by atoms with Gasteiger partial charge in [0.1, 0.15) is 5.82 Å². The molecular weight excluding hydrogens is 269 g/mol. The Morgan fingerprint density at radius 1 is 1.44 bits per heavy atom. The molecule has 1 saturated heterocycles. The van der Waals surface area contributed by atoms with E-state index in [1.807, 2.05) is 6.07 Å². The third-order valence-electron chi connectivity index (χ3n) is 3.30. The molecule has 1 aliphatic rings. The van der Waals surface area contributed by atoms with Crippen molar-refractivity contribution < 1.29 is 4.39 Å². The SMILES string of the molecule is CC1CC(C)N(Cc2ccc(F)cc2Br)C1. The summed E-state index contributed by atoms with van der Waals surface area (Å²) in [6.45, 7) is 6.61. The summed E-state index contributed by atoms with van der Waals surface area (Å²) in [5.41, 5.74) is 1.17. The molecule has 2 atom stereocenters. The van der Waals surface area contributed by atoms with Crippen LogP contribution in [0.5, 0.6) is 0 Å². The van der Waals surface area contributed by atoms with Crippen LogP contribution in [0.1, 0.15) is 25.8 Å². The average molecular weight is 286 g/mol. The van der Waals surface area contributed by atoms with Crippen molar-refractivity contribution in [3.05, 3.63) is 34.1 Å². The van der Waals surface area contributed by atoms with Gasteiger partial charge in [0.05, 0.1) is 0 Å². The van der Waals surface area contributed by atoms with Crippen LogP contribution in [0.3, 0.4) is 0 Å². The van der Waals surface area contributed by atoms with E-state index in [2.05, 4.69) is 34.7 Å². The predicted octanol–water partition coefficient (Wildman–Crippen LogP) is 3.82. The largest absolute Gasteiger partial charge is 0.296 e. The fourth-order valence-corrected chi connectivity index (χ4v) is 2.95. The van der Waals surface area contributed by atoms with Gasteiger partial charge in [-0.3, -0.25) is 4.90 Å². The first-order valence-corrected chi connectivity index (χ1v) is 6.53. The topological polar surface area (TPSA) is 3.24 Å². The van der Waals surface area contributed by atoms with Crippen molar-refractivity contribution in [2.75, 3.05) is 6.54 Å². The molecule has 1 aromatic rings. The van der Waals surface area contributed by atoms with Gasteiger partial charge in [-0.1, -0.05) is 28.9 Å². The van der Waals surface area contributed by atoms with Crippen LogP contribution in [0.25, 0.3) is 0 Å². The van der Waals surface area contributed by atoms with Gasteiger partial charge >= 0.3 is 0 Å². The number of nitrogens with zero attached hydrogens (tertiary/aromatic N) is 1. The number of hydrogen-bond acceptors (Lipinski definition) is 1. The fourth-order valence-electron chi connectivity index (χ4n) is 2.48. The number of benzene rings is 1. The van der Waals surface area contributed by atoms with Crippen LogP contribution in [-0.4, -0.2) is 17.5 Å². The molecule has 3 heteroatoms. The average Bonchev–Trinajstić information content (AvgIpc) is 2.50. The minimum atomic E-state index is -0.182. The van der Waals surface area contributed by atoms with Crippen LogP contribution in [0, 0.1) is 11.7 Å². The van der Waals surface area contributed by atoms with Crippen molar-refractivity contribution in [1.29, 1.82) is 0 Å². The molecule has 16 heavy (non-hydrogen) atoms. The molecular formula is C13H17BrFN. The first-order valence-electron chi connectivity index (χ1n) is 5.74. The van der Waals surface area contributed by atoms with Crippen LogP contribution in [0.15, 0.2) is 22.7 Å². The summed E-state index contributed by atoms with van der Waals surface area (Å²) in [5, 5.41) is 0. The van der Waals surface area contributed by atoms with E-state index in [0.717, 1.165) is 23.5 Å². The third kappa shape index (κ3) is 2.64. The molecule has 88 valence electrons. The molecule has 1 fully saturated rings. The predicted molar refractivity (Wildman–Crippen MR) is 67.8 cm³/mol. The zero-order valence-electron chi connectivity index (χ0n) is 9.71. The van der Waals surface area contributed by atoms with Gasteiger partial charge in [-0.05, 0) is 37.0 Å². The first-order chi connectivity index (χ1) is 7.56. The van der Waals surface area contributed by atoms with Crippen molar-refractivity contribution >= 4 is 15.9 Å². The third-order valence-corrected chi connectivity index (χ3v) is 4.04. The Labute approximate surface area is 105 Å². The molecule has 1 heterocycles. The van der Waals surface area contributed by atoms with Crippen molar-refractivity contribution in [1.82, 2.24) is 4.90 Å². The summed E-state index contributed by atoms with van der Waals surface area (Å²) in [5.74, 6) is 0.590. The van der Waals surface area contributed by atoms with E-state index in [1.165, 1.54) is 18.1 Å². The highest BCUT2D eigenvalue weighted by Crippen LogP contribution is 2.27. The Bertz CT molecular complexity index is 380. The Morgan fingerprint density at radius 3 is 2.75 bits per heavy atom.